The molecule has 1 nitrogen and oxygen atoms in total. The molecule has 1 N–H and O–H groups in total. The van der Waals surface area contributed by atoms with Gasteiger partial charge in [-0.15, -0.1) is 0 Å². The van der Waals surface area contributed by atoms with Crippen LogP contribution in [0, 0.1) is 11.7 Å². The maximum absolute atomic E-state index is 13.7. The van der Waals surface area contributed by atoms with Crippen LogP contribution < -0.4 is 5.32 Å². The molecule has 17 heavy (non-hydrogen) atoms. The molecule has 0 bridgehead atoms. The number of para-hydroxylation sites is 1. The second-order valence-corrected chi connectivity index (χ2v) is 5.78. The highest BCUT2D eigenvalue weighted by molar-refractivity contribution is 9.10. The molecular formula is C14H19BrFN. The van der Waals surface area contributed by atoms with Crippen molar-refractivity contribution < 1.29 is 4.39 Å². The summed E-state index contributed by atoms with van der Waals surface area (Å²) in [6, 6.07) is 5.43. The number of benzene rings is 1. The number of rotatable bonds is 3. The van der Waals surface area contributed by atoms with Crippen LogP contribution in [-0.2, 0) is 0 Å². The van der Waals surface area contributed by atoms with Gasteiger partial charge in [-0.1, -0.05) is 25.3 Å². The summed E-state index contributed by atoms with van der Waals surface area (Å²) in [5, 5.41) is 3.33. The van der Waals surface area contributed by atoms with Gasteiger partial charge in [0.15, 0.2) is 0 Å². The van der Waals surface area contributed by atoms with Crippen LogP contribution in [0.2, 0.25) is 0 Å². The van der Waals surface area contributed by atoms with Gasteiger partial charge >= 0.3 is 0 Å². The van der Waals surface area contributed by atoms with Crippen LogP contribution in [0.25, 0.3) is 0 Å². The third-order valence-corrected chi connectivity index (χ3v) is 4.35. The Bertz CT molecular complexity index is 354. The van der Waals surface area contributed by atoms with Gasteiger partial charge in [-0.2, -0.15) is 0 Å². The van der Waals surface area contributed by atoms with Gasteiger partial charge in [-0.05, 0) is 53.7 Å². The van der Waals surface area contributed by atoms with Crippen LogP contribution in [0.4, 0.5) is 10.1 Å². The van der Waals surface area contributed by atoms with Gasteiger partial charge in [0.05, 0.1) is 5.69 Å². The quantitative estimate of drug-likeness (QED) is 0.831. The summed E-state index contributed by atoms with van der Waals surface area (Å²) in [6.07, 6.45) is 6.51. The van der Waals surface area contributed by atoms with Crippen molar-refractivity contribution in [1.29, 1.82) is 0 Å². The van der Waals surface area contributed by atoms with Gasteiger partial charge in [0.1, 0.15) is 5.82 Å². The molecule has 0 heterocycles. The summed E-state index contributed by atoms with van der Waals surface area (Å²) in [7, 11) is 0. The van der Waals surface area contributed by atoms with Gasteiger partial charge in [0, 0.05) is 10.5 Å². The second kappa shape index (κ2) is 5.85. The fourth-order valence-electron chi connectivity index (χ4n) is 2.62. The van der Waals surface area contributed by atoms with Crippen molar-refractivity contribution in [3.8, 4) is 0 Å². The molecule has 1 atom stereocenters. The highest BCUT2D eigenvalue weighted by Gasteiger charge is 2.21. The van der Waals surface area contributed by atoms with Gasteiger partial charge in [0.25, 0.3) is 0 Å². The highest BCUT2D eigenvalue weighted by atomic mass is 79.9. The van der Waals surface area contributed by atoms with Crippen LogP contribution in [-0.4, -0.2) is 6.04 Å². The predicted molar refractivity (Wildman–Crippen MR) is 73.8 cm³/mol. The van der Waals surface area contributed by atoms with E-state index in [0.29, 0.717) is 17.6 Å². The maximum atomic E-state index is 13.7. The van der Waals surface area contributed by atoms with Crippen LogP contribution in [0.5, 0.6) is 0 Å². The molecule has 0 aliphatic heterocycles. The van der Waals surface area contributed by atoms with Crippen molar-refractivity contribution in [2.45, 2.75) is 45.1 Å². The monoisotopic (exact) mass is 299 g/mol. The minimum atomic E-state index is -0.179. The summed E-state index contributed by atoms with van der Waals surface area (Å²) in [4.78, 5) is 0. The molecule has 0 saturated heterocycles. The zero-order valence-electron chi connectivity index (χ0n) is 10.2. The maximum Gasteiger partial charge on any atom is 0.147 e. The minimum absolute atomic E-state index is 0.179. The SMILES string of the molecule is CC(Nc1c(F)cccc1Br)C1CCCCC1. The Kier molecular flexibility index (Phi) is 4.43. The van der Waals surface area contributed by atoms with Crippen molar-refractivity contribution in [2.24, 2.45) is 5.92 Å². The molecule has 1 saturated carbocycles. The molecule has 0 radical (unpaired) electrons. The molecular weight excluding hydrogens is 281 g/mol. The average molecular weight is 300 g/mol. The lowest BCUT2D eigenvalue weighted by Crippen LogP contribution is -2.28. The van der Waals surface area contributed by atoms with Gasteiger partial charge in [-0.25, -0.2) is 4.39 Å². The predicted octanol–water partition coefficient (Wildman–Crippen LogP) is 4.97. The molecule has 1 aromatic carbocycles. The fraction of sp³-hybridized carbons (Fsp3) is 0.571. The zero-order chi connectivity index (χ0) is 12.3. The topological polar surface area (TPSA) is 12.0 Å². The van der Waals surface area contributed by atoms with E-state index in [9.17, 15) is 4.39 Å². The Balaban J connectivity index is 2.04. The second-order valence-electron chi connectivity index (χ2n) is 4.93. The Morgan fingerprint density at radius 2 is 2.00 bits per heavy atom. The minimum Gasteiger partial charge on any atom is -0.379 e. The van der Waals surface area contributed by atoms with E-state index in [0.717, 1.165) is 4.47 Å². The third kappa shape index (κ3) is 3.21. The number of halogens is 2. The first-order valence-corrected chi connectivity index (χ1v) is 7.18. The van der Waals surface area contributed by atoms with E-state index in [-0.39, 0.29) is 5.82 Å². The van der Waals surface area contributed by atoms with E-state index < -0.39 is 0 Å². The van der Waals surface area contributed by atoms with Crippen molar-refractivity contribution >= 4 is 21.6 Å². The molecule has 2 rings (SSSR count). The summed E-state index contributed by atoms with van der Waals surface area (Å²) in [5.74, 6) is 0.497. The zero-order valence-corrected chi connectivity index (χ0v) is 11.8. The molecule has 0 spiro atoms. The number of nitrogens with one attached hydrogen (secondary N) is 1. The number of anilines is 1. The smallest absolute Gasteiger partial charge is 0.147 e. The van der Waals surface area contributed by atoms with E-state index in [2.05, 4.69) is 28.2 Å². The van der Waals surface area contributed by atoms with E-state index in [4.69, 9.17) is 0 Å². The van der Waals surface area contributed by atoms with Gasteiger partial charge in [-0.3, -0.25) is 0 Å². The van der Waals surface area contributed by atoms with Crippen LogP contribution in [0.3, 0.4) is 0 Å². The Morgan fingerprint density at radius 1 is 1.29 bits per heavy atom. The largest absolute Gasteiger partial charge is 0.379 e. The van der Waals surface area contributed by atoms with E-state index in [1.54, 1.807) is 6.07 Å². The first-order valence-electron chi connectivity index (χ1n) is 6.39. The Morgan fingerprint density at radius 3 is 2.65 bits per heavy atom. The van der Waals surface area contributed by atoms with E-state index in [1.165, 1.54) is 38.2 Å². The molecule has 0 amide bonds. The summed E-state index contributed by atoms with van der Waals surface area (Å²) in [5.41, 5.74) is 0.602. The normalized spacial score (nSPS) is 19.0. The van der Waals surface area contributed by atoms with Crippen LogP contribution >= 0.6 is 15.9 Å². The highest BCUT2D eigenvalue weighted by Crippen LogP contribution is 2.31. The molecule has 1 aromatic rings. The summed E-state index contributed by atoms with van der Waals surface area (Å²) < 4.78 is 14.5. The average Bonchev–Trinajstić information content (AvgIpc) is 2.35. The Hall–Kier alpha value is -0.570. The molecule has 1 fully saturated rings. The van der Waals surface area contributed by atoms with Crippen molar-refractivity contribution in [1.82, 2.24) is 0 Å². The molecule has 0 aromatic heterocycles. The number of hydrogen-bond donors (Lipinski definition) is 1. The molecule has 3 heteroatoms. The number of hydrogen-bond acceptors (Lipinski definition) is 1. The lowest BCUT2D eigenvalue weighted by Gasteiger charge is -2.29. The fourth-order valence-corrected chi connectivity index (χ4v) is 3.07. The van der Waals surface area contributed by atoms with Crippen LogP contribution in [0.1, 0.15) is 39.0 Å². The van der Waals surface area contributed by atoms with Crippen molar-refractivity contribution in [2.75, 3.05) is 5.32 Å². The molecule has 1 aliphatic carbocycles. The molecule has 1 unspecified atom stereocenters. The molecule has 94 valence electrons. The summed E-state index contributed by atoms with van der Waals surface area (Å²) >= 11 is 3.40. The van der Waals surface area contributed by atoms with Crippen molar-refractivity contribution in [3.05, 3.63) is 28.5 Å². The van der Waals surface area contributed by atoms with Gasteiger partial charge in [0.2, 0.25) is 0 Å². The van der Waals surface area contributed by atoms with Gasteiger partial charge < -0.3 is 5.32 Å². The standard InChI is InChI=1S/C14H19BrFN/c1-10(11-6-3-2-4-7-11)17-14-12(15)8-5-9-13(14)16/h5,8-11,17H,2-4,6-7H2,1H3. The first-order chi connectivity index (χ1) is 8.18. The van der Waals surface area contributed by atoms with Crippen LogP contribution in [0.15, 0.2) is 22.7 Å². The van der Waals surface area contributed by atoms with E-state index in [1.807, 2.05) is 6.07 Å². The van der Waals surface area contributed by atoms with E-state index >= 15 is 0 Å². The molecule has 1 aliphatic rings. The first kappa shape index (κ1) is 12.9. The van der Waals surface area contributed by atoms with Crippen molar-refractivity contribution in [3.63, 3.8) is 0 Å². The Labute approximate surface area is 111 Å². The summed E-state index contributed by atoms with van der Waals surface area (Å²) in [6.45, 7) is 2.16. The lowest BCUT2D eigenvalue weighted by atomic mass is 9.84. The lowest BCUT2D eigenvalue weighted by molar-refractivity contribution is 0.328. The third-order valence-electron chi connectivity index (χ3n) is 3.69.